The van der Waals surface area contributed by atoms with Gasteiger partial charge in [-0.3, -0.25) is 14.3 Å². The SMILES string of the molecule is C[C@@]1(Cn2cc(C(=O)N[C@H]3CCc4ccccc4NC3=O)nn2)C=CC(F)=CC1. The summed E-state index contributed by atoms with van der Waals surface area (Å²) in [4.78, 5) is 25.1. The van der Waals surface area contributed by atoms with Crippen LogP contribution in [0.5, 0.6) is 0 Å². The zero-order valence-electron chi connectivity index (χ0n) is 16.1. The number of allylic oxidation sites excluding steroid dienone is 4. The van der Waals surface area contributed by atoms with Crippen LogP contribution in [-0.2, 0) is 17.8 Å². The quantitative estimate of drug-likeness (QED) is 0.833. The first-order chi connectivity index (χ1) is 13.9. The lowest BCUT2D eigenvalue weighted by Crippen LogP contribution is -2.43. The van der Waals surface area contributed by atoms with E-state index in [-0.39, 0.29) is 22.8 Å². The van der Waals surface area contributed by atoms with Gasteiger partial charge in [-0.25, -0.2) is 4.39 Å². The molecule has 0 bridgehead atoms. The second-order valence-electron chi connectivity index (χ2n) is 7.79. The molecule has 2 N–H and O–H groups in total. The number of amides is 2. The molecule has 2 atom stereocenters. The van der Waals surface area contributed by atoms with Gasteiger partial charge in [-0.2, -0.15) is 0 Å². The second kappa shape index (κ2) is 7.62. The molecule has 0 spiro atoms. The van der Waals surface area contributed by atoms with Crippen molar-refractivity contribution in [2.24, 2.45) is 5.41 Å². The van der Waals surface area contributed by atoms with Crippen molar-refractivity contribution in [3.63, 3.8) is 0 Å². The van der Waals surface area contributed by atoms with Gasteiger partial charge < -0.3 is 10.6 Å². The topological polar surface area (TPSA) is 88.9 Å². The average Bonchev–Trinajstić information content (AvgIpc) is 3.10. The van der Waals surface area contributed by atoms with Crippen molar-refractivity contribution in [3.05, 3.63) is 65.8 Å². The average molecular weight is 395 g/mol. The number of carbonyl (C=O) groups is 2. The van der Waals surface area contributed by atoms with Gasteiger partial charge in [0.15, 0.2) is 5.69 Å². The number of hydrogen-bond acceptors (Lipinski definition) is 4. The lowest BCUT2D eigenvalue weighted by atomic mass is 9.83. The highest BCUT2D eigenvalue weighted by atomic mass is 19.1. The summed E-state index contributed by atoms with van der Waals surface area (Å²) in [6.45, 7) is 2.45. The Morgan fingerprint density at radius 3 is 3.03 bits per heavy atom. The molecule has 2 heterocycles. The Bertz CT molecular complexity index is 1010. The Balaban J connectivity index is 1.40. The maximum absolute atomic E-state index is 13.2. The minimum Gasteiger partial charge on any atom is -0.339 e. The predicted octanol–water partition coefficient (Wildman–Crippen LogP) is 2.78. The Hall–Kier alpha value is -3.29. The molecule has 1 aromatic heterocycles. The normalized spacial score (nSPS) is 23.6. The lowest BCUT2D eigenvalue weighted by Gasteiger charge is -2.26. The van der Waals surface area contributed by atoms with Crippen LogP contribution >= 0.6 is 0 Å². The van der Waals surface area contributed by atoms with E-state index >= 15 is 0 Å². The fourth-order valence-corrected chi connectivity index (χ4v) is 3.60. The number of aromatic nitrogens is 3. The number of aryl methyl sites for hydroxylation is 1. The Labute approximate surface area is 167 Å². The van der Waals surface area contributed by atoms with E-state index < -0.39 is 11.9 Å². The molecule has 1 aliphatic heterocycles. The van der Waals surface area contributed by atoms with Gasteiger partial charge in [-0.1, -0.05) is 36.4 Å². The lowest BCUT2D eigenvalue weighted by molar-refractivity contribution is -0.118. The molecule has 7 nitrogen and oxygen atoms in total. The first-order valence-corrected chi connectivity index (χ1v) is 9.57. The molecule has 1 aromatic carbocycles. The Kier molecular flexibility index (Phi) is 5.00. The molecule has 29 heavy (non-hydrogen) atoms. The van der Waals surface area contributed by atoms with Crippen molar-refractivity contribution < 1.29 is 14.0 Å². The number of nitrogens with one attached hydrogen (secondary N) is 2. The molecule has 0 fully saturated rings. The molecule has 0 unspecified atom stereocenters. The van der Waals surface area contributed by atoms with E-state index in [1.165, 1.54) is 12.2 Å². The highest BCUT2D eigenvalue weighted by Crippen LogP contribution is 2.31. The molecular weight excluding hydrogens is 373 g/mol. The van der Waals surface area contributed by atoms with Crippen molar-refractivity contribution >= 4 is 17.5 Å². The monoisotopic (exact) mass is 395 g/mol. The number of nitrogens with zero attached hydrogens (tertiary/aromatic N) is 3. The molecule has 0 radical (unpaired) electrons. The zero-order valence-corrected chi connectivity index (χ0v) is 16.1. The number of anilines is 1. The van der Waals surface area contributed by atoms with Gasteiger partial charge in [-0.15, -0.1) is 5.10 Å². The highest BCUT2D eigenvalue weighted by molar-refractivity contribution is 6.01. The van der Waals surface area contributed by atoms with Gasteiger partial charge in [0.1, 0.15) is 11.9 Å². The summed E-state index contributed by atoms with van der Waals surface area (Å²) in [5.74, 6) is -0.938. The van der Waals surface area contributed by atoms with Crippen molar-refractivity contribution in [1.82, 2.24) is 20.3 Å². The fraction of sp³-hybridized carbons (Fsp3) is 0.333. The van der Waals surface area contributed by atoms with Crippen molar-refractivity contribution in [2.45, 2.75) is 38.8 Å². The maximum atomic E-state index is 13.2. The largest absolute Gasteiger partial charge is 0.339 e. The van der Waals surface area contributed by atoms with Crippen LogP contribution in [0.25, 0.3) is 0 Å². The molecule has 4 rings (SSSR count). The third-order valence-electron chi connectivity index (χ3n) is 5.30. The van der Waals surface area contributed by atoms with Gasteiger partial charge in [0, 0.05) is 11.1 Å². The number of para-hydroxylation sites is 1. The summed E-state index contributed by atoms with van der Waals surface area (Å²) in [5, 5.41) is 13.6. The van der Waals surface area contributed by atoms with E-state index in [9.17, 15) is 14.0 Å². The summed E-state index contributed by atoms with van der Waals surface area (Å²) < 4.78 is 14.8. The molecule has 8 heteroatoms. The number of halogens is 1. The standard InChI is InChI=1S/C21H22FN5O2/c1-21(10-8-15(22)9-11-21)13-27-12-18(25-26-27)20(29)24-17-7-6-14-4-2-3-5-16(14)23-19(17)28/h2-5,8-10,12,17H,6-7,11,13H2,1H3,(H,23,28)(H,24,29)/t17-,21+/m0/s1. The van der Waals surface area contributed by atoms with Crippen LogP contribution in [-0.4, -0.2) is 32.9 Å². The van der Waals surface area contributed by atoms with E-state index in [0.29, 0.717) is 25.8 Å². The molecule has 1 aliphatic carbocycles. The third-order valence-corrected chi connectivity index (χ3v) is 5.30. The number of fused-ring (bicyclic) bond motifs is 1. The van der Waals surface area contributed by atoms with Crippen LogP contribution in [0.3, 0.4) is 0 Å². The molecule has 2 aliphatic rings. The van der Waals surface area contributed by atoms with E-state index in [1.807, 2.05) is 31.2 Å². The minimum atomic E-state index is -0.646. The van der Waals surface area contributed by atoms with E-state index in [2.05, 4.69) is 20.9 Å². The molecule has 2 aromatic rings. The van der Waals surface area contributed by atoms with Crippen LogP contribution in [0.1, 0.15) is 35.8 Å². The van der Waals surface area contributed by atoms with Crippen LogP contribution < -0.4 is 10.6 Å². The summed E-state index contributed by atoms with van der Waals surface area (Å²) in [5.41, 5.74) is 1.66. The summed E-state index contributed by atoms with van der Waals surface area (Å²) >= 11 is 0. The Morgan fingerprint density at radius 1 is 1.41 bits per heavy atom. The maximum Gasteiger partial charge on any atom is 0.274 e. The van der Waals surface area contributed by atoms with Gasteiger partial charge >= 0.3 is 0 Å². The first kappa shape index (κ1) is 19.0. The number of carbonyl (C=O) groups excluding carboxylic acids is 2. The van der Waals surface area contributed by atoms with Crippen LogP contribution in [0.2, 0.25) is 0 Å². The molecule has 0 saturated heterocycles. The summed E-state index contributed by atoms with van der Waals surface area (Å²) in [6, 6.07) is 6.96. The molecule has 2 amide bonds. The van der Waals surface area contributed by atoms with E-state index in [0.717, 1.165) is 11.3 Å². The van der Waals surface area contributed by atoms with Gasteiger partial charge in [0.25, 0.3) is 5.91 Å². The van der Waals surface area contributed by atoms with Gasteiger partial charge in [0.2, 0.25) is 5.91 Å². The molecule has 0 saturated carbocycles. The summed E-state index contributed by atoms with van der Waals surface area (Å²) in [6.07, 6.45) is 8.05. The number of rotatable bonds is 4. The predicted molar refractivity (Wildman–Crippen MR) is 106 cm³/mol. The highest BCUT2D eigenvalue weighted by Gasteiger charge is 2.27. The van der Waals surface area contributed by atoms with Crippen LogP contribution in [0.4, 0.5) is 10.1 Å². The minimum absolute atomic E-state index is 0.143. The number of benzene rings is 1. The smallest absolute Gasteiger partial charge is 0.274 e. The second-order valence-corrected chi connectivity index (χ2v) is 7.79. The summed E-state index contributed by atoms with van der Waals surface area (Å²) in [7, 11) is 0. The van der Waals surface area contributed by atoms with Crippen molar-refractivity contribution in [2.75, 3.05) is 5.32 Å². The van der Waals surface area contributed by atoms with Crippen molar-refractivity contribution in [3.8, 4) is 0 Å². The fourth-order valence-electron chi connectivity index (χ4n) is 3.60. The van der Waals surface area contributed by atoms with Crippen LogP contribution in [0.15, 0.2) is 54.5 Å². The van der Waals surface area contributed by atoms with Gasteiger partial charge in [-0.05, 0) is 43.0 Å². The van der Waals surface area contributed by atoms with E-state index in [1.54, 1.807) is 17.0 Å². The number of hydrogen-bond donors (Lipinski definition) is 2. The third kappa shape index (κ3) is 4.26. The Morgan fingerprint density at radius 2 is 2.24 bits per heavy atom. The van der Waals surface area contributed by atoms with E-state index in [4.69, 9.17) is 0 Å². The molecule has 150 valence electrons. The zero-order chi connectivity index (χ0) is 20.4. The van der Waals surface area contributed by atoms with Crippen molar-refractivity contribution in [1.29, 1.82) is 0 Å². The molecular formula is C21H22FN5O2. The van der Waals surface area contributed by atoms with Gasteiger partial charge in [0.05, 0.1) is 12.7 Å². The first-order valence-electron chi connectivity index (χ1n) is 9.57. The van der Waals surface area contributed by atoms with Crippen LogP contribution in [0, 0.1) is 5.41 Å².